The Kier molecular flexibility index (Phi) is 5.80. The average molecular weight is 300 g/mol. The molecule has 6 heteroatoms. The molecule has 0 atom stereocenters. The van der Waals surface area contributed by atoms with E-state index in [0.29, 0.717) is 0 Å². The van der Waals surface area contributed by atoms with E-state index in [1.165, 1.54) is 0 Å². The average Bonchev–Trinajstić information content (AvgIpc) is 2.58. The van der Waals surface area contributed by atoms with E-state index in [0.717, 1.165) is 11.4 Å². The number of anilines is 2. The molecule has 22 heavy (non-hydrogen) atoms. The molecule has 114 valence electrons. The van der Waals surface area contributed by atoms with Crippen molar-refractivity contribution in [3.63, 3.8) is 0 Å². The van der Waals surface area contributed by atoms with E-state index in [1.54, 1.807) is 0 Å². The Hall–Kier alpha value is -3.02. The van der Waals surface area contributed by atoms with Gasteiger partial charge in [0.1, 0.15) is 13.1 Å². The van der Waals surface area contributed by atoms with Crippen LogP contribution in [0.3, 0.4) is 0 Å². The molecule has 0 heterocycles. The standard InChI is InChI=1S/C16H16N2O4/c19-15(11-17-13-7-3-1-4-8-13)21-22-16(20)12-18-14-9-5-2-6-10-14/h1-10,17-18H,11-12H2. The fourth-order valence-electron chi connectivity index (χ4n) is 1.61. The van der Waals surface area contributed by atoms with Gasteiger partial charge in [-0.15, -0.1) is 0 Å². The molecule has 0 aliphatic carbocycles. The van der Waals surface area contributed by atoms with Gasteiger partial charge in [0.25, 0.3) is 0 Å². The molecule has 0 spiro atoms. The van der Waals surface area contributed by atoms with Gasteiger partial charge in [0.15, 0.2) is 0 Å². The number of para-hydroxylation sites is 2. The lowest BCUT2D eigenvalue weighted by Gasteiger charge is -2.07. The van der Waals surface area contributed by atoms with Crippen molar-refractivity contribution in [2.45, 2.75) is 0 Å². The third-order valence-corrected chi connectivity index (χ3v) is 2.65. The van der Waals surface area contributed by atoms with Gasteiger partial charge in [0.05, 0.1) is 0 Å². The predicted octanol–water partition coefficient (Wildman–Crippen LogP) is 2.21. The van der Waals surface area contributed by atoms with E-state index in [4.69, 9.17) is 0 Å². The first-order chi connectivity index (χ1) is 10.7. The van der Waals surface area contributed by atoms with Crippen LogP contribution in [0.2, 0.25) is 0 Å². The number of carbonyl (C=O) groups excluding carboxylic acids is 2. The number of hydrogen-bond acceptors (Lipinski definition) is 6. The minimum Gasteiger partial charge on any atom is -0.375 e. The van der Waals surface area contributed by atoms with Crippen LogP contribution in [0.5, 0.6) is 0 Å². The SMILES string of the molecule is O=C(CNc1ccccc1)OOC(=O)CNc1ccccc1. The molecule has 2 aromatic carbocycles. The van der Waals surface area contributed by atoms with E-state index in [2.05, 4.69) is 20.4 Å². The molecule has 0 aliphatic heterocycles. The summed E-state index contributed by atoms with van der Waals surface area (Å²) >= 11 is 0. The number of rotatable bonds is 6. The molecule has 0 saturated heterocycles. The van der Waals surface area contributed by atoms with Crippen molar-refractivity contribution in [1.82, 2.24) is 0 Å². The van der Waals surface area contributed by atoms with Crippen molar-refractivity contribution in [1.29, 1.82) is 0 Å². The first kappa shape index (κ1) is 15.4. The van der Waals surface area contributed by atoms with Crippen LogP contribution in [0.1, 0.15) is 0 Å². The summed E-state index contributed by atoms with van der Waals surface area (Å²) in [6, 6.07) is 18.3. The second-order valence-corrected chi connectivity index (χ2v) is 4.35. The zero-order chi connectivity index (χ0) is 15.6. The maximum atomic E-state index is 11.4. The minimum absolute atomic E-state index is 0.0938. The highest BCUT2D eigenvalue weighted by molar-refractivity contribution is 5.78. The molecule has 2 aromatic rings. The number of hydrogen-bond donors (Lipinski definition) is 2. The molecule has 0 bridgehead atoms. The first-order valence-electron chi connectivity index (χ1n) is 6.72. The molecule has 0 amide bonds. The minimum atomic E-state index is -0.683. The van der Waals surface area contributed by atoms with Crippen molar-refractivity contribution in [3.05, 3.63) is 60.7 Å². The lowest BCUT2D eigenvalue weighted by molar-refractivity contribution is -0.256. The molecular weight excluding hydrogens is 284 g/mol. The zero-order valence-corrected chi connectivity index (χ0v) is 11.8. The highest BCUT2D eigenvalue weighted by atomic mass is 17.2. The Balaban J connectivity index is 1.62. The summed E-state index contributed by atoms with van der Waals surface area (Å²) in [6.07, 6.45) is 0. The van der Waals surface area contributed by atoms with Crippen molar-refractivity contribution >= 4 is 23.3 Å². The van der Waals surface area contributed by atoms with Gasteiger partial charge in [-0.05, 0) is 24.3 Å². The number of nitrogens with one attached hydrogen (secondary N) is 2. The Morgan fingerprint density at radius 1 is 0.682 bits per heavy atom. The molecule has 6 nitrogen and oxygen atoms in total. The smallest absolute Gasteiger partial charge is 0.374 e. The molecule has 0 aliphatic rings. The second kappa shape index (κ2) is 8.31. The highest BCUT2D eigenvalue weighted by Gasteiger charge is 2.09. The van der Waals surface area contributed by atoms with Crippen LogP contribution in [-0.4, -0.2) is 25.0 Å². The molecule has 2 N–H and O–H groups in total. The topological polar surface area (TPSA) is 76.7 Å². The highest BCUT2D eigenvalue weighted by Crippen LogP contribution is 2.05. The molecule has 0 unspecified atom stereocenters. The lowest BCUT2D eigenvalue weighted by Crippen LogP contribution is -2.22. The summed E-state index contributed by atoms with van der Waals surface area (Å²) in [5.41, 5.74) is 1.55. The van der Waals surface area contributed by atoms with Crippen LogP contribution < -0.4 is 10.6 Å². The van der Waals surface area contributed by atoms with Crippen molar-refractivity contribution in [3.8, 4) is 0 Å². The van der Waals surface area contributed by atoms with Crippen LogP contribution in [0.4, 0.5) is 11.4 Å². The number of benzene rings is 2. The van der Waals surface area contributed by atoms with Gasteiger partial charge in [0.2, 0.25) is 0 Å². The fourth-order valence-corrected chi connectivity index (χ4v) is 1.61. The van der Waals surface area contributed by atoms with Crippen LogP contribution in [0.25, 0.3) is 0 Å². The van der Waals surface area contributed by atoms with Gasteiger partial charge >= 0.3 is 11.9 Å². The van der Waals surface area contributed by atoms with Crippen molar-refractivity contribution in [2.75, 3.05) is 23.7 Å². The molecular formula is C16H16N2O4. The summed E-state index contributed by atoms with van der Waals surface area (Å²) in [5, 5.41) is 5.69. The summed E-state index contributed by atoms with van der Waals surface area (Å²) in [6.45, 7) is -0.188. The van der Waals surface area contributed by atoms with Gasteiger partial charge in [-0.25, -0.2) is 19.4 Å². The first-order valence-corrected chi connectivity index (χ1v) is 6.72. The second-order valence-electron chi connectivity index (χ2n) is 4.35. The van der Waals surface area contributed by atoms with Gasteiger partial charge in [0, 0.05) is 11.4 Å². The summed E-state index contributed by atoms with van der Waals surface area (Å²) in [7, 11) is 0. The van der Waals surface area contributed by atoms with Crippen molar-refractivity contribution < 1.29 is 19.4 Å². The van der Waals surface area contributed by atoms with Gasteiger partial charge < -0.3 is 10.6 Å². The summed E-state index contributed by atoms with van der Waals surface area (Å²) in [5.74, 6) is -1.37. The third kappa shape index (κ3) is 5.54. The Bertz CT molecular complexity index is 547. The molecule has 0 aromatic heterocycles. The lowest BCUT2D eigenvalue weighted by atomic mass is 10.3. The van der Waals surface area contributed by atoms with E-state index < -0.39 is 11.9 Å². The largest absolute Gasteiger partial charge is 0.375 e. The predicted molar refractivity (Wildman–Crippen MR) is 82.0 cm³/mol. The molecule has 2 rings (SSSR count). The Labute approximate surface area is 128 Å². The van der Waals surface area contributed by atoms with E-state index in [1.807, 2.05) is 60.7 Å². The van der Waals surface area contributed by atoms with Gasteiger partial charge in [-0.1, -0.05) is 36.4 Å². The van der Waals surface area contributed by atoms with Crippen LogP contribution in [-0.2, 0) is 19.4 Å². The summed E-state index contributed by atoms with van der Waals surface area (Å²) < 4.78 is 0. The monoisotopic (exact) mass is 300 g/mol. The fraction of sp³-hybridized carbons (Fsp3) is 0.125. The van der Waals surface area contributed by atoms with Crippen LogP contribution >= 0.6 is 0 Å². The maximum Gasteiger partial charge on any atom is 0.374 e. The van der Waals surface area contributed by atoms with E-state index in [9.17, 15) is 9.59 Å². The summed E-state index contributed by atoms with van der Waals surface area (Å²) in [4.78, 5) is 31.7. The third-order valence-electron chi connectivity index (χ3n) is 2.65. The molecule has 0 saturated carbocycles. The van der Waals surface area contributed by atoms with Gasteiger partial charge in [-0.2, -0.15) is 0 Å². The van der Waals surface area contributed by atoms with Crippen LogP contribution in [0.15, 0.2) is 60.7 Å². The Morgan fingerprint density at radius 3 is 1.41 bits per heavy atom. The maximum absolute atomic E-state index is 11.4. The van der Waals surface area contributed by atoms with E-state index >= 15 is 0 Å². The normalized spacial score (nSPS) is 9.64. The quantitative estimate of drug-likeness (QED) is 0.629. The zero-order valence-electron chi connectivity index (χ0n) is 11.8. The molecule has 0 fully saturated rings. The number of carbonyl (C=O) groups is 2. The Morgan fingerprint density at radius 2 is 1.05 bits per heavy atom. The van der Waals surface area contributed by atoms with Gasteiger partial charge in [-0.3, -0.25) is 0 Å². The van der Waals surface area contributed by atoms with Crippen LogP contribution in [0, 0.1) is 0 Å². The van der Waals surface area contributed by atoms with Crippen molar-refractivity contribution in [2.24, 2.45) is 0 Å². The molecule has 0 radical (unpaired) electrons. The van der Waals surface area contributed by atoms with E-state index in [-0.39, 0.29) is 13.1 Å².